The minimum Gasteiger partial charge on any atom is -0.351 e. The number of hydrogen-bond acceptors (Lipinski definition) is 5. The highest BCUT2D eigenvalue weighted by Gasteiger charge is 2.21. The van der Waals surface area contributed by atoms with Gasteiger partial charge in [0.1, 0.15) is 5.69 Å². The second-order valence-corrected chi connectivity index (χ2v) is 5.34. The molecular formula is C15H23N5O2. The van der Waals surface area contributed by atoms with Crippen molar-refractivity contribution in [2.75, 3.05) is 37.6 Å². The maximum absolute atomic E-state index is 12.0. The fourth-order valence-electron chi connectivity index (χ4n) is 2.32. The van der Waals surface area contributed by atoms with Crippen molar-refractivity contribution in [1.82, 2.24) is 20.2 Å². The molecule has 0 radical (unpaired) electrons. The molecule has 0 aliphatic carbocycles. The van der Waals surface area contributed by atoms with Crippen LogP contribution in [0.2, 0.25) is 0 Å². The highest BCUT2D eigenvalue weighted by molar-refractivity contribution is 5.92. The Balaban J connectivity index is 1.97. The lowest BCUT2D eigenvalue weighted by Gasteiger charge is -2.34. The van der Waals surface area contributed by atoms with Gasteiger partial charge in [-0.25, -0.2) is 9.97 Å². The summed E-state index contributed by atoms with van der Waals surface area (Å²) < 4.78 is 0. The van der Waals surface area contributed by atoms with Gasteiger partial charge in [-0.2, -0.15) is 0 Å². The van der Waals surface area contributed by atoms with Crippen LogP contribution in [-0.2, 0) is 4.79 Å². The standard InChI is InChI=1S/C15H23N5O2/c1-3-4-6-16-14(22)13-5-7-17-15(18-13)20-10-8-19(9-11-20)12(2)21/h5,7H,3-4,6,8-11H2,1-2H3,(H,16,22). The van der Waals surface area contributed by atoms with Gasteiger partial charge in [0.2, 0.25) is 11.9 Å². The Kier molecular flexibility index (Phi) is 5.68. The minimum absolute atomic E-state index is 0.0876. The van der Waals surface area contributed by atoms with Crippen molar-refractivity contribution < 1.29 is 9.59 Å². The van der Waals surface area contributed by atoms with E-state index in [4.69, 9.17) is 0 Å². The lowest BCUT2D eigenvalue weighted by molar-refractivity contribution is -0.129. The smallest absolute Gasteiger partial charge is 0.270 e. The first-order chi connectivity index (χ1) is 10.6. The molecule has 7 nitrogen and oxygen atoms in total. The van der Waals surface area contributed by atoms with E-state index in [1.807, 2.05) is 4.90 Å². The molecule has 7 heteroatoms. The maximum atomic E-state index is 12.0. The maximum Gasteiger partial charge on any atom is 0.270 e. The Morgan fingerprint density at radius 1 is 1.27 bits per heavy atom. The molecule has 0 aromatic carbocycles. The molecule has 22 heavy (non-hydrogen) atoms. The van der Waals surface area contributed by atoms with Gasteiger partial charge in [0, 0.05) is 45.8 Å². The fraction of sp³-hybridized carbons (Fsp3) is 0.600. The van der Waals surface area contributed by atoms with Gasteiger partial charge in [0.25, 0.3) is 5.91 Å². The fourth-order valence-corrected chi connectivity index (χ4v) is 2.32. The number of piperazine rings is 1. The van der Waals surface area contributed by atoms with E-state index >= 15 is 0 Å². The van der Waals surface area contributed by atoms with Crippen LogP contribution in [0.1, 0.15) is 37.2 Å². The van der Waals surface area contributed by atoms with E-state index in [0.29, 0.717) is 44.4 Å². The van der Waals surface area contributed by atoms with Crippen molar-refractivity contribution in [3.63, 3.8) is 0 Å². The molecule has 2 rings (SSSR count). The van der Waals surface area contributed by atoms with Crippen LogP contribution in [0.5, 0.6) is 0 Å². The molecule has 1 aromatic rings. The van der Waals surface area contributed by atoms with E-state index in [1.165, 1.54) is 0 Å². The third-order valence-electron chi connectivity index (χ3n) is 3.70. The Morgan fingerprint density at radius 2 is 2.00 bits per heavy atom. The third-order valence-corrected chi connectivity index (χ3v) is 3.70. The molecule has 2 amide bonds. The van der Waals surface area contributed by atoms with Gasteiger partial charge in [-0.05, 0) is 12.5 Å². The molecule has 0 atom stereocenters. The number of rotatable bonds is 5. The van der Waals surface area contributed by atoms with Crippen LogP contribution >= 0.6 is 0 Å². The van der Waals surface area contributed by atoms with E-state index in [9.17, 15) is 9.59 Å². The summed E-state index contributed by atoms with van der Waals surface area (Å²) >= 11 is 0. The molecule has 1 N–H and O–H groups in total. The summed E-state index contributed by atoms with van der Waals surface area (Å²) in [6.07, 6.45) is 3.60. The lowest BCUT2D eigenvalue weighted by atomic mass is 10.3. The number of aromatic nitrogens is 2. The molecule has 0 unspecified atom stereocenters. The number of unbranched alkanes of at least 4 members (excludes halogenated alkanes) is 1. The summed E-state index contributed by atoms with van der Waals surface area (Å²) in [4.78, 5) is 35.7. The Bertz CT molecular complexity index is 526. The molecule has 2 heterocycles. The quantitative estimate of drug-likeness (QED) is 0.809. The molecule has 1 saturated heterocycles. The van der Waals surface area contributed by atoms with Crippen molar-refractivity contribution in [2.24, 2.45) is 0 Å². The summed E-state index contributed by atoms with van der Waals surface area (Å²) in [6.45, 7) is 6.99. The predicted molar refractivity (Wildman–Crippen MR) is 83.7 cm³/mol. The number of carbonyl (C=O) groups is 2. The summed E-state index contributed by atoms with van der Waals surface area (Å²) in [5.74, 6) is 0.468. The van der Waals surface area contributed by atoms with Gasteiger partial charge in [-0.3, -0.25) is 9.59 Å². The van der Waals surface area contributed by atoms with Gasteiger partial charge in [0.05, 0.1) is 0 Å². The summed E-state index contributed by atoms with van der Waals surface area (Å²) in [5.41, 5.74) is 0.384. The molecule has 1 fully saturated rings. The van der Waals surface area contributed by atoms with Crippen LogP contribution in [0, 0.1) is 0 Å². The number of nitrogens with zero attached hydrogens (tertiary/aromatic N) is 4. The highest BCUT2D eigenvalue weighted by atomic mass is 16.2. The molecule has 0 bridgehead atoms. The predicted octanol–water partition coefficient (Wildman–Crippen LogP) is 0.675. The molecule has 1 aliphatic rings. The first kappa shape index (κ1) is 16.2. The zero-order chi connectivity index (χ0) is 15.9. The number of amides is 2. The van der Waals surface area contributed by atoms with Crippen LogP contribution in [0.3, 0.4) is 0 Å². The number of anilines is 1. The van der Waals surface area contributed by atoms with E-state index in [0.717, 1.165) is 12.8 Å². The van der Waals surface area contributed by atoms with Gasteiger partial charge < -0.3 is 15.1 Å². The monoisotopic (exact) mass is 305 g/mol. The Morgan fingerprint density at radius 3 is 2.64 bits per heavy atom. The number of hydrogen-bond donors (Lipinski definition) is 1. The van der Waals surface area contributed by atoms with Crippen molar-refractivity contribution in [3.05, 3.63) is 18.0 Å². The normalized spacial score (nSPS) is 14.8. The molecule has 1 aromatic heterocycles. The molecule has 1 aliphatic heterocycles. The molecule has 0 saturated carbocycles. The third kappa shape index (κ3) is 4.16. The van der Waals surface area contributed by atoms with Crippen LogP contribution in [0.25, 0.3) is 0 Å². The zero-order valence-corrected chi connectivity index (χ0v) is 13.2. The van der Waals surface area contributed by atoms with Crippen molar-refractivity contribution >= 4 is 17.8 Å². The summed E-state index contributed by atoms with van der Waals surface area (Å²) in [5, 5.41) is 2.85. The molecule has 120 valence electrons. The zero-order valence-electron chi connectivity index (χ0n) is 13.2. The topological polar surface area (TPSA) is 78.4 Å². The van der Waals surface area contributed by atoms with Crippen molar-refractivity contribution in [3.8, 4) is 0 Å². The van der Waals surface area contributed by atoms with E-state index < -0.39 is 0 Å². The first-order valence-corrected chi connectivity index (χ1v) is 7.73. The van der Waals surface area contributed by atoms with Crippen molar-refractivity contribution in [2.45, 2.75) is 26.7 Å². The second-order valence-electron chi connectivity index (χ2n) is 5.34. The average molecular weight is 305 g/mol. The second kappa shape index (κ2) is 7.72. The highest BCUT2D eigenvalue weighted by Crippen LogP contribution is 2.11. The van der Waals surface area contributed by atoms with Crippen LogP contribution in [0.15, 0.2) is 12.3 Å². The first-order valence-electron chi connectivity index (χ1n) is 7.73. The Labute approximate surface area is 130 Å². The van der Waals surface area contributed by atoms with Gasteiger partial charge in [0.15, 0.2) is 0 Å². The van der Waals surface area contributed by atoms with E-state index in [2.05, 4.69) is 22.2 Å². The van der Waals surface area contributed by atoms with E-state index in [1.54, 1.807) is 24.1 Å². The molecule has 0 spiro atoms. The van der Waals surface area contributed by atoms with Crippen LogP contribution < -0.4 is 10.2 Å². The Hall–Kier alpha value is -2.18. The SMILES string of the molecule is CCCCNC(=O)c1ccnc(N2CCN(C(C)=O)CC2)n1. The lowest BCUT2D eigenvalue weighted by Crippen LogP contribution is -2.48. The van der Waals surface area contributed by atoms with Crippen molar-refractivity contribution in [1.29, 1.82) is 0 Å². The number of nitrogens with one attached hydrogen (secondary N) is 1. The summed E-state index contributed by atoms with van der Waals surface area (Å²) in [7, 11) is 0. The average Bonchev–Trinajstić information content (AvgIpc) is 2.55. The molecular weight excluding hydrogens is 282 g/mol. The van der Waals surface area contributed by atoms with Gasteiger partial charge >= 0.3 is 0 Å². The van der Waals surface area contributed by atoms with E-state index in [-0.39, 0.29) is 11.8 Å². The minimum atomic E-state index is -0.167. The number of carbonyl (C=O) groups excluding carboxylic acids is 2. The van der Waals surface area contributed by atoms with Gasteiger partial charge in [-0.1, -0.05) is 13.3 Å². The van der Waals surface area contributed by atoms with Crippen LogP contribution in [0.4, 0.5) is 5.95 Å². The van der Waals surface area contributed by atoms with Crippen LogP contribution in [-0.4, -0.2) is 59.4 Å². The van der Waals surface area contributed by atoms with Gasteiger partial charge in [-0.15, -0.1) is 0 Å². The largest absolute Gasteiger partial charge is 0.351 e. The summed E-state index contributed by atoms with van der Waals surface area (Å²) in [6, 6.07) is 1.62.